The van der Waals surface area contributed by atoms with E-state index in [1.54, 1.807) is 6.42 Å². The summed E-state index contributed by atoms with van der Waals surface area (Å²) in [7, 11) is 0. The Balaban J connectivity index is 1.56. The third-order valence-corrected chi connectivity index (χ3v) is 5.35. The quantitative estimate of drug-likeness (QED) is 0.748. The highest BCUT2D eigenvalue weighted by molar-refractivity contribution is 4.97. The number of hydrogen-bond donors (Lipinski definition) is 1. The first-order valence-electron chi connectivity index (χ1n) is 7.13. The molecule has 86 valence electrons. The average Bonchev–Trinajstić information content (AvgIpc) is 2.92. The summed E-state index contributed by atoms with van der Waals surface area (Å²) in [5, 5.41) is 4.01. The molecular weight excluding hydrogens is 182 g/mol. The second kappa shape index (κ2) is 4.08. The molecule has 3 aliphatic carbocycles. The third-order valence-electron chi connectivity index (χ3n) is 5.35. The van der Waals surface area contributed by atoms with Gasteiger partial charge in [-0.1, -0.05) is 26.2 Å². The molecule has 0 aliphatic heterocycles. The molecule has 3 saturated carbocycles. The SMILES string of the molecule is CCC1CCCC1NC1CC2CCC1C2. The van der Waals surface area contributed by atoms with Crippen molar-refractivity contribution in [2.45, 2.75) is 70.4 Å². The van der Waals surface area contributed by atoms with Gasteiger partial charge in [0.2, 0.25) is 0 Å². The van der Waals surface area contributed by atoms with Crippen LogP contribution in [0.3, 0.4) is 0 Å². The molecule has 1 nitrogen and oxygen atoms in total. The molecule has 3 aliphatic rings. The first-order chi connectivity index (χ1) is 7.36. The molecule has 0 aromatic heterocycles. The number of fused-ring (bicyclic) bond motifs is 2. The Labute approximate surface area is 94.0 Å². The maximum Gasteiger partial charge on any atom is 0.0101 e. The smallest absolute Gasteiger partial charge is 0.0101 e. The van der Waals surface area contributed by atoms with Crippen molar-refractivity contribution in [3.8, 4) is 0 Å². The Bertz CT molecular complexity index is 221. The Morgan fingerprint density at radius 1 is 1.00 bits per heavy atom. The zero-order valence-electron chi connectivity index (χ0n) is 10.0. The monoisotopic (exact) mass is 207 g/mol. The predicted molar refractivity (Wildman–Crippen MR) is 63.8 cm³/mol. The van der Waals surface area contributed by atoms with E-state index in [0.29, 0.717) is 0 Å². The Kier molecular flexibility index (Phi) is 2.76. The van der Waals surface area contributed by atoms with Gasteiger partial charge in [-0.15, -0.1) is 0 Å². The number of hydrogen-bond acceptors (Lipinski definition) is 1. The molecule has 5 unspecified atom stereocenters. The predicted octanol–water partition coefficient (Wildman–Crippen LogP) is 3.34. The maximum atomic E-state index is 4.01. The summed E-state index contributed by atoms with van der Waals surface area (Å²) in [4.78, 5) is 0. The van der Waals surface area contributed by atoms with Gasteiger partial charge in [0.15, 0.2) is 0 Å². The van der Waals surface area contributed by atoms with Gasteiger partial charge >= 0.3 is 0 Å². The minimum atomic E-state index is 0.874. The van der Waals surface area contributed by atoms with Crippen molar-refractivity contribution in [2.75, 3.05) is 0 Å². The van der Waals surface area contributed by atoms with E-state index in [1.807, 2.05) is 0 Å². The first kappa shape index (κ1) is 10.1. The van der Waals surface area contributed by atoms with Crippen LogP contribution >= 0.6 is 0 Å². The number of rotatable bonds is 3. The van der Waals surface area contributed by atoms with Crippen molar-refractivity contribution in [1.29, 1.82) is 0 Å². The molecule has 3 rings (SSSR count). The molecule has 0 aromatic rings. The van der Waals surface area contributed by atoms with Crippen LogP contribution in [0.2, 0.25) is 0 Å². The van der Waals surface area contributed by atoms with Crippen LogP contribution in [0, 0.1) is 17.8 Å². The van der Waals surface area contributed by atoms with Gasteiger partial charge in [0.25, 0.3) is 0 Å². The molecule has 1 heteroatoms. The van der Waals surface area contributed by atoms with Gasteiger partial charge in [0, 0.05) is 12.1 Å². The van der Waals surface area contributed by atoms with Gasteiger partial charge in [-0.25, -0.2) is 0 Å². The highest BCUT2D eigenvalue weighted by Gasteiger charge is 2.41. The second-order valence-electron chi connectivity index (χ2n) is 6.15. The van der Waals surface area contributed by atoms with E-state index in [2.05, 4.69) is 12.2 Å². The fraction of sp³-hybridized carbons (Fsp3) is 1.00. The van der Waals surface area contributed by atoms with E-state index in [1.165, 1.54) is 44.9 Å². The van der Waals surface area contributed by atoms with Crippen LogP contribution < -0.4 is 5.32 Å². The Morgan fingerprint density at radius 3 is 2.60 bits per heavy atom. The minimum Gasteiger partial charge on any atom is -0.311 e. The molecule has 2 bridgehead atoms. The minimum absolute atomic E-state index is 0.874. The van der Waals surface area contributed by atoms with Crippen LogP contribution in [0.5, 0.6) is 0 Å². The van der Waals surface area contributed by atoms with Crippen molar-refractivity contribution in [3.63, 3.8) is 0 Å². The van der Waals surface area contributed by atoms with Crippen LogP contribution in [0.25, 0.3) is 0 Å². The molecule has 0 saturated heterocycles. The fourth-order valence-electron chi connectivity index (χ4n) is 4.47. The summed E-state index contributed by atoms with van der Waals surface area (Å²) in [6, 6.07) is 1.78. The lowest BCUT2D eigenvalue weighted by molar-refractivity contribution is 0.282. The summed E-state index contributed by atoms with van der Waals surface area (Å²) >= 11 is 0. The van der Waals surface area contributed by atoms with Gasteiger partial charge in [0.05, 0.1) is 0 Å². The zero-order valence-corrected chi connectivity index (χ0v) is 10.0. The van der Waals surface area contributed by atoms with Crippen LogP contribution in [-0.2, 0) is 0 Å². The topological polar surface area (TPSA) is 12.0 Å². The Hall–Kier alpha value is -0.0400. The van der Waals surface area contributed by atoms with E-state index in [-0.39, 0.29) is 0 Å². The molecule has 0 spiro atoms. The van der Waals surface area contributed by atoms with Crippen LogP contribution in [0.4, 0.5) is 0 Å². The molecule has 3 fully saturated rings. The van der Waals surface area contributed by atoms with Crippen molar-refractivity contribution < 1.29 is 0 Å². The summed E-state index contributed by atoms with van der Waals surface area (Å²) in [5.74, 6) is 3.13. The molecule has 5 atom stereocenters. The normalized spacial score (nSPS) is 49.0. The standard InChI is InChI=1S/C14H25N/c1-2-11-4-3-5-13(11)15-14-9-10-6-7-12(14)8-10/h10-15H,2-9H2,1H3. The molecule has 15 heavy (non-hydrogen) atoms. The number of nitrogens with one attached hydrogen (secondary N) is 1. The average molecular weight is 207 g/mol. The van der Waals surface area contributed by atoms with E-state index in [0.717, 1.165) is 29.8 Å². The van der Waals surface area contributed by atoms with Crippen molar-refractivity contribution >= 4 is 0 Å². The van der Waals surface area contributed by atoms with Gasteiger partial charge < -0.3 is 5.32 Å². The van der Waals surface area contributed by atoms with Crippen LogP contribution in [-0.4, -0.2) is 12.1 Å². The third kappa shape index (κ3) is 1.84. The Morgan fingerprint density at radius 2 is 1.93 bits per heavy atom. The van der Waals surface area contributed by atoms with E-state index < -0.39 is 0 Å². The van der Waals surface area contributed by atoms with Crippen molar-refractivity contribution in [1.82, 2.24) is 5.32 Å². The van der Waals surface area contributed by atoms with Crippen molar-refractivity contribution in [2.24, 2.45) is 17.8 Å². The van der Waals surface area contributed by atoms with E-state index in [4.69, 9.17) is 0 Å². The largest absolute Gasteiger partial charge is 0.311 e. The fourth-order valence-corrected chi connectivity index (χ4v) is 4.47. The van der Waals surface area contributed by atoms with Crippen molar-refractivity contribution in [3.05, 3.63) is 0 Å². The lowest BCUT2D eigenvalue weighted by Crippen LogP contribution is -2.43. The molecular formula is C14H25N. The summed E-state index contributed by atoms with van der Waals surface area (Å²) < 4.78 is 0. The van der Waals surface area contributed by atoms with E-state index in [9.17, 15) is 0 Å². The first-order valence-corrected chi connectivity index (χ1v) is 7.13. The maximum absolute atomic E-state index is 4.01. The van der Waals surface area contributed by atoms with Gasteiger partial charge in [-0.2, -0.15) is 0 Å². The molecule has 0 aromatic carbocycles. The zero-order chi connectivity index (χ0) is 10.3. The lowest BCUT2D eigenvalue weighted by Gasteiger charge is -2.29. The van der Waals surface area contributed by atoms with Crippen LogP contribution in [0.1, 0.15) is 58.3 Å². The molecule has 0 amide bonds. The van der Waals surface area contributed by atoms with Gasteiger partial charge in [0.1, 0.15) is 0 Å². The van der Waals surface area contributed by atoms with Gasteiger partial charge in [-0.3, -0.25) is 0 Å². The summed E-state index contributed by atoms with van der Waals surface area (Å²) in [5.41, 5.74) is 0. The molecule has 0 heterocycles. The summed E-state index contributed by atoms with van der Waals surface area (Å²) in [6.45, 7) is 2.37. The highest BCUT2D eigenvalue weighted by atomic mass is 15.0. The van der Waals surface area contributed by atoms with Crippen LogP contribution in [0.15, 0.2) is 0 Å². The summed E-state index contributed by atoms with van der Waals surface area (Å²) in [6.07, 6.45) is 11.9. The second-order valence-corrected chi connectivity index (χ2v) is 6.15. The van der Waals surface area contributed by atoms with E-state index >= 15 is 0 Å². The molecule has 0 radical (unpaired) electrons. The van der Waals surface area contributed by atoms with Gasteiger partial charge in [-0.05, 0) is 49.9 Å². The highest BCUT2D eigenvalue weighted by Crippen LogP contribution is 2.45. The molecule has 1 N–H and O–H groups in total. The lowest BCUT2D eigenvalue weighted by atomic mass is 9.92.